The molecule has 1 saturated carbocycles. The molecule has 2 aliphatic rings. The zero-order valence-electron chi connectivity index (χ0n) is 14.8. The van der Waals surface area contributed by atoms with Crippen molar-refractivity contribution in [1.29, 1.82) is 0 Å². The Bertz CT molecular complexity index is 631. The maximum absolute atomic E-state index is 12.4. The van der Waals surface area contributed by atoms with Crippen molar-refractivity contribution >= 4 is 17.5 Å². The van der Waals surface area contributed by atoms with Crippen molar-refractivity contribution in [2.24, 2.45) is 11.1 Å². The summed E-state index contributed by atoms with van der Waals surface area (Å²) < 4.78 is 5.72. The van der Waals surface area contributed by atoms with E-state index in [0.717, 1.165) is 25.9 Å². The van der Waals surface area contributed by atoms with E-state index in [1.807, 2.05) is 0 Å². The number of carbonyl (C=O) groups excluding carboxylic acids is 2. The largest absolute Gasteiger partial charge is 0.381 e. The predicted octanol–water partition coefficient (Wildman–Crippen LogP) is 2.01. The van der Waals surface area contributed by atoms with Gasteiger partial charge in [0, 0.05) is 30.3 Å². The Morgan fingerprint density at radius 1 is 1.28 bits per heavy atom. The van der Waals surface area contributed by atoms with Crippen LogP contribution in [0.15, 0.2) is 24.3 Å². The number of amides is 2. The maximum Gasteiger partial charge on any atom is 0.248 e. The van der Waals surface area contributed by atoms with E-state index < -0.39 is 5.91 Å². The molecule has 25 heavy (non-hydrogen) atoms. The first kappa shape index (κ1) is 17.9. The molecule has 1 aromatic rings. The van der Waals surface area contributed by atoms with Gasteiger partial charge < -0.3 is 15.8 Å². The molecule has 2 fully saturated rings. The van der Waals surface area contributed by atoms with Gasteiger partial charge in [-0.1, -0.05) is 6.42 Å². The van der Waals surface area contributed by atoms with E-state index in [1.165, 1.54) is 19.3 Å². The number of hydrogen-bond donors (Lipinski definition) is 2. The van der Waals surface area contributed by atoms with Crippen LogP contribution in [0.3, 0.4) is 0 Å². The van der Waals surface area contributed by atoms with Crippen LogP contribution in [0.2, 0.25) is 0 Å². The van der Waals surface area contributed by atoms with Crippen LogP contribution in [0.25, 0.3) is 0 Å². The summed E-state index contributed by atoms with van der Waals surface area (Å²) in [5.41, 5.74) is 6.56. The van der Waals surface area contributed by atoms with E-state index in [4.69, 9.17) is 10.5 Å². The van der Waals surface area contributed by atoms with Gasteiger partial charge >= 0.3 is 0 Å². The summed E-state index contributed by atoms with van der Waals surface area (Å²) in [5.74, 6) is -0.503. The van der Waals surface area contributed by atoms with E-state index in [1.54, 1.807) is 31.4 Å². The Balaban J connectivity index is 1.56. The van der Waals surface area contributed by atoms with Gasteiger partial charge in [-0.05, 0) is 56.5 Å². The van der Waals surface area contributed by atoms with Crippen molar-refractivity contribution in [3.8, 4) is 0 Å². The minimum Gasteiger partial charge on any atom is -0.381 e. The minimum absolute atomic E-state index is 0.0316. The molecule has 1 aliphatic carbocycles. The zero-order chi connectivity index (χ0) is 17.9. The van der Waals surface area contributed by atoms with E-state index in [2.05, 4.69) is 10.2 Å². The highest BCUT2D eigenvalue weighted by molar-refractivity contribution is 5.95. The van der Waals surface area contributed by atoms with Crippen LogP contribution in [0, 0.1) is 5.41 Å². The second-order valence-corrected chi connectivity index (χ2v) is 7.28. The lowest BCUT2D eigenvalue weighted by Crippen LogP contribution is -2.49. The molecule has 1 aromatic carbocycles. The van der Waals surface area contributed by atoms with Crippen molar-refractivity contribution in [3.05, 3.63) is 29.8 Å². The Labute approximate surface area is 148 Å². The highest BCUT2D eigenvalue weighted by Crippen LogP contribution is 2.46. The summed E-state index contributed by atoms with van der Waals surface area (Å²) in [4.78, 5) is 25.7. The molecular weight excluding hydrogens is 318 g/mol. The predicted molar refractivity (Wildman–Crippen MR) is 96.3 cm³/mol. The standard InChI is InChI=1S/C19H27N3O3/c1-25-16-4-2-9-19(16)10-3-11-22(13-19)12-17(23)21-15-7-5-14(6-8-15)18(20)24/h5-8,16H,2-4,9-13H2,1H3,(H2,20,24)(H,21,23)/t16-,19-/m1/s1. The number of ether oxygens (including phenoxy) is 1. The lowest BCUT2D eigenvalue weighted by molar-refractivity contribution is -0.119. The van der Waals surface area contributed by atoms with Gasteiger partial charge in [-0.15, -0.1) is 0 Å². The minimum atomic E-state index is -0.472. The van der Waals surface area contributed by atoms with Gasteiger partial charge in [0.1, 0.15) is 0 Å². The second-order valence-electron chi connectivity index (χ2n) is 7.28. The molecule has 1 aliphatic heterocycles. The number of nitrogens with two attached hydrogens (primary N) is 1. The van der Waals surface area contributed by atoms with E-state index in [9.17, 15) is 9.59 Å². The smallest absolute Gasteiger partial charge is 0.248 e. The molecule has 0 bridgehead atoms. The summed E-state index contributed by atoms with van der Waals surface area (Å²) in [6.07, 6.45) is 6.16. The number of nitrogens with one attached hydrogen (secondary N) is 1. The fourth-order valence-electron chi connectivity index (χ4n) is 4.46. The molecule has 0 unspecified atom stereocenters. The van der Waals surface area contributed by atoms with Crippen molar-refractivity contribution < 1.29 is 14.3 Å². The average Bonchev–Trinajstić information content (AvgIpc) is 2.97. The summed E-state index contributed by atoms with van der Waals surface area (Å²) >= 11 is 0. The van der Waals surface area contributed by atoms with Crippen LogP contribution in [0.4, 0.5) is 5.69 Å². The quantitative estimate of drug-likeness (QED) is 0.855. The van der Waals surface area contributed by atoms with Gasteiger partial charge in [0.2, 0.25) is 11.8 Å². The molecule has 1 heterocycles. The topological polar surface area (TPSA) is 84.7 Å². The normalized spacial score (nSPS) is 26.7. The maximum atomic E-state index is 12.4. The summed E-state index contributed by atoms with van der Waals surface area (Å²) in [6, 6.07) is 6.65. The summed E-state index contributed by atoms with van der Waals surface area (Å²) in [7, 11) is 1.80. The van der Waals surface area contributed by atoms with Crippen LogP contribution in [-0.4, -0.2) is 49.6 Å². The highest BCUT2D eigenvalue weighted by atomic mass is 16.5. The number of hydrogen-bond acceptors (Lipinski definition) is 4. The fraction of sp³-hybridized carbons (Fsp3) is 0.579. The van der Waals surface area contributed by atoms with Crippen LogP contribution < -0.4 is 11.1 Å². The van der Waals surface area contributed by atoms with E-state index in [0.29, 0.717) is 23.9 Å². The van der Waals surface area contributed by atoms with Crippen LogP contribution in [-0.2, 0) is 9.53 Å². The van der Waals surface area contributed by atoms with Gasteiger partial charge in [-0.2, -0.15) is 0 Å². The van der Waals surface area contributed by atoms with Crippen molar-refractivity contribution in [2.75, 3.05) is 32.1 Å². The Kier molecular flexibility index (Phi) is 5.39. The molecule has 3 rings (SSSR count). The Morgan fingerprint density at radius 2 is 2.00 bits per heavy atom. The first-order valence-corrected chi connectivity index (χ1v) is 8.97. The third kappa shape index (κ3) is 4.02. The number of methoxy groups -OCH3 is 1. The van der Waals surface area contributed by atoms with Gasteiger partial charge in [-0.3, -0.25) is 14.5 Å². The molecule has 2 amide bonds. The lowest BCUT2D eigenvalue weighted by Gasteiger charge is -2.43. The number of rotatable bonds is 5. The van der Waals surface area contributed by atoms with E-state index >= 15 is 0 Å². The number of primary amides is 1. The summed E-state index contributed by atoms with van der Waals surface area (Å²) in [6.45, 7) is 2.27. The van der Waals surface area contributed by atoms with Crippen LogP contribution >= 0.6 is 0 Å². The van der Waals surface area contributed by atoms with Crippen molar-refractivity contribution in [1.82, 2.24) is 4.90 Å². The molecule has 0 aromatic heterocycles. The molecule has 2 atom stereocenters. The first-order chi connectivity index (χ1) is 12.0. The van der Waals surface area contributed by atoms with Crippen molar-refractivity contribution in [2.45, 2.75) is 38.2 Å². The number of likely N-dealkylation sites (tertiary alicyclic amines) is 1. The third-order valence-corrected chi connectivity index (χ3v) is 5.62. The Hall–Kier alpha value is -1.92. The molecule has 1 saturated heterocycles. The van der Waals surface area contributed by atoms with Gasteiger partial charge in [-0.25, -0.2) is 0 Å². The average molecular weight is 345 g/mol. The van der Waals surface area contributed by atoms with Gasteiger partial charge in [0.05, 0.1) is 12.6 Å². The number of anilines is 1. The zero-order valence-corrected chi connectivity index (χ0v) is 14.8. The highest BCUT2D eigenvalue weighted by Gasteiger charge is 2.45. The van der Waals surface area contributed by atoms with Gasteiger partial charge in [0.25, 0.3) is 0 Å². The molecule has 136 valence electrons. The molecular formula is C19H27N3O3. The molecule has 3 N–H and O–H groups in total. The number of benzene rings is 1. The third-order valence-electron chi connectivity index (χ3n) is 5.62. The second kappa shape index (κ2) is 7.54. The molecule has 6 heteroatoms. The molecule has 6 nitrogen and oxygen atoms in total. The monoisotopic (exact) mass is 345 g/mol. The summed E-state index contributed by atoms with van der Waals surface area (Å²) in [5, 5.41) is 2.90. The van der Waals surface area contributed by atoms with Gasteiger partial charge in [0.15, 0.2) is 0 Å². The SMILES string of the molecule is CO[C@@H]1CCC[C@]12CCCN(CC(=O)Nc1ccc(C(N)=O)cc1)C2. The number of piperidine rings is 1. The fourth-order valence-corrected chi connectivity index (χ4v) is 4.46. The van der Waals surface area contributed by atoms with Crippen molar-refractivity contribution in [3.63, 3.8) is 0 Å². The lowest BCUT2D eigenvalue weighted by atomic mass is 9.76. The van der Waals surface area contributed by atoms with Crippen LogP contribution in [0.5, 0.6) is 0 Å². The molecule has 1 spiro atoms. The number of carbonyl (C=O) groups is 2. The van der Waals surface area contributed by atoms with E-state index in [-0.39, 0.29) is 11.3 Å². The first-order valence-electron chi connectivity index (χ1n) is 8.97. The Morgan fingerprint density at radius 3 is 2.68 bits per heavy atom. The molecule has 0 radical (unpaired) electrons. The number of nitrogens with zero attached hydrogens (tertiary/aromatic N) is 1. The van der Waals surface area contributed by atoms with Crippen LogP contribution in [0.1, 0.15) is 42.5 Å².